The number of nitrogens with one attached hydrogen (secondary N) is 1. The Labute approximate surface area is 113 Å². The molecule has 4 heteroatoms. The smallest absolute Gasteiger partial charge is 0.0220 e. The first-order valence-electron chi connectivity index (χ1n) is 5.80. The number of hydrogen-bond acceptors (Lipinski definition) is 2. The summed E-state index contributed by atoms with van der Waals surface area (Å²) in [5.74, 6) is 0.704. The molecule has 1 heterocycles. The van der Waals surface area contributed by atoms with Gasteiger partial charge in [0.1, 0.15) is 0 Å². The fourth-order valence-electron chi connectivity index (χ4n) is 1.99. The monoisotopic (exact) mass is 268 g/mol. The maximum atomic E-state index is 3.75. The summed E-state index contributed by atoms with van der Waals surface area (Å²) in [7, 11) is 0. The van der Waals surface area contributed by atoms with E-state index in [1.165, 1.54) is 32.5 Å². The second-order valence-electron chi connectivity index (χ2n) is 4.56. The summed E-state index contributed by atoms with van der Waals surface area (Å²) in [4.78, 5) is 2.57. The molecule has 1 aliphatic heterocycles. The molecule has 0 spiro atoms. The topological polar surface area (TPSA) is 15.3 Å². The molecule has 16 heavy (non-hydrogen) atoms. The van der Waals surface area contributed by atoms with Gasteiger partial charge in [0.25, 0.3) is 0 Å². The predicted molar refractivity (Wildman–Crippen MR) is 77.0 cm³/mol. The van der Waals surface area contributed by atoms with Crippen LogP contribution in [0.2, 0.25) is 0 Å². The molecular formula is C12H26Cl2N2. The highest BCUT2D eigenvalue weighted by molar-refractivity contribution is 5.85. The van der Waals surface area contributed by atoms with Crippen LogP contribution in [0.4, 0.5) is 0 Å². The van der Waals surface area contributed by atoms with E-state index in [1.54, 1.807) is 0 Å². The van der Waals surface area contributed by atoms with Gasteiger partial charge in [0.2, 0.25) is 0 Å². The maximum Gasteiger partial charge on any atom is 0.0220 e. The first kappa shape index (κ1) is 18.6. The fraction of sp³-hybridized carbons (Fsp3) is 0.833. The highest BCUT2D eigenvalue weighted by Crippen LogP contribution is 2.11. The zero-order valence-electron chi connectivity index (χ0n) is 10.4. The predicted octanol–water partition coefficient (Wildman–Crippen LogP) is 2.73. The highest BCUT2D eigenvalue weighted by atomic mass is 35.5. The third-order valence-corrected chi connectivity index (χ3v) is 2.98. The Balaban J connectivity index is 0. The van der Waals surface area contributed by atoms with Crippen molar-refractivity contribution in [3.8, 4) is 0 Å². The molecule has 0 saturated carbocycles. The van der Waals surface area contributed by atoms with Gasteiger partial charge >= 0.3 is 0 Å². The van der Waals surface area contributed by atoms with Crippen LogP contribution in [0.3, 0.4) is 0 Å². The van der Waals surface area contributed by atoms with E-state index in [-0.39, 0.29) is 24.8 Å². The molecule has 1 rings (SSSR count). The minimum absolute atomic E-state index is 0. The molecule has 0 radical (unpaired) electrons. The Bertz CT molecular complexity index is 168. The van der Waals surface area contributed by atoms with Crippen molar-refractivity contribution in [3.63, 3.8) is 0 Å². The van der Waals surface area contributed by atoms with E-state index in [1.807, 2.05) is 6.08 Å². The van der Waals surface area contributed by atoms with Crippen LogP contribution in [-0.2, 0) is 0 Å². The van der Waals surface area contributed by atoms with Crippen LogP contribution in [0.15, 0.2) is 12.7 Å². The van der Waals surface area contributed by atoms with Gasteiger partial charge in [0.05, 0.1) is 0 Å². The number of likely N-dealkylation sites (tertiary alicyclic amines) is 1. The summed E-state index contributed by atoms with van der Waals surface area (Å²) < 4.78 is 0. The first-order chi connectivity index (χ1) is 6.74. The summed E-state index contributed by atoms with van der Waals surface area (Å²) in [5.41, 5.74) is 0. The van der Waals surface area contributed by atoms with Gasteiger partial charge in [-0.05, 0) is 31.8 Å². The fourth-order valence-corrected chi connectivity index (χ4v) is 1.99. The van der Waals surface area contributed by atoms with Crippen molar-refractivity contribution in [1.29, 1.82) is 0 Å². The molecule has 0 bridgehead atoms. The Kier molecular flexibility index (Phi) is 12.1. The van der Waals surface area contributed by atoms with E-state index in [4.69, 9.17) is 0 Å². The van der Waals surface area contributed by atoms with E-state index in [0.717, 1.165) is 6.54 Å². The lowest BCUT2D eigenvalue weighted by atomic mass is 10.0. The van der Waals surface area contributed by atoms with Crippen molar-refractivity contribution in [1.82, 2.24) is 10.2 Å². The number of hydrogen-bond donors (Lipinski definition) is 1. The molecular weight excluding hydrogens is 243 g/mol. The minimum Gasteiger partial charge on any atom is -0.309 e. The molecule has 1 aliphatic rings. The average Bonchev–Trinajstić information content (AvgIpc) is 2.64. The summed E-state index contributed by atoms with van der Waals surface area (Å²) in [6.07, 6.45) is 4.71. The summed E-state index contributed by atoms with van der Waals surface area (Å²) >= 11 is 0. The summed E-state index contributed by atoms with van der Waals surface area (Å²) in [5, 5.41) is 3.54. The first-order valence-corrected chi connectivity index (χ1v) is 5.80. The van der Waals surface area contributed by atoms with Crippen molar-refractivity contribution in [2.75, 3.05) is 26.2 Å². The minimum atomic E-state index is 0. The Morgan fingerprint density at radius 3 is 2.25 bits per heavy atom. The maximum absolute atomic E-state index is 3.75. The zero-order valence-corrected chi connectivity index (χ0v) is 12.1. The van der Waals surface area contributed by atoms with Gasteiger partial charge < -0.3 is 10.2 Å². The molecule has 1 atom stereocenters. The third kappa shape index (κ3) is 6.74. The van der Waals surface area contributed by atoms with E-state index in [9.17, 15) is 0 Å². The van der Waals surface area contributed by atoms with Crippen LogP contribution in [-0.4, -0.2) is 37.1 Å². The zero-order chi connectivity index (χ0) is 10.4. The Morgan fingerprint density at radius 2 is 1.81 bits per heavy atom. The molecule has 0 aromatic heterocycles. The van der Waals surface area contributed by atoms with Gasteiger partial charge in [-0.3, -0.25) is 0 Å². The van der Waals surface area contributed by atoms with Crippen LogP contribution in [0, 0.1) is 5.92 Å². The number of nitrogens with zero attached hydrogens (tertiary/aromatic N) is 1. The van der Waals surface area contributed by atoms with Crippen LogP contribution in [0.5, 0.6) is 0 Å². The lowest BCUT2D eigenvalue weighted by Crippen LogP contribution is -2.43. The van der Waals surface area contributed by atoms with Crippen molar-refractivity contribution >= 4 is 24.8 Å². The van der Waals surface area contributed by atoms with Crippen LogP contribution in [0.1, 0.15) is 26.7 Å². The number of rotatable bonds is 6. The van der Waals surface area contributed by atoms with Crippen LogP contribution >= 0.6 is 24.8 Å². The van der Waals surface area contributed by atoms with Crippen LogP contribution < -0.4 is 5.32 Å². The molecule has 0 amide bonds. The van der Waals surface area contributed by atoms with E-state index in [0.29, 0.717) is 12.0 Å². The SMILES string of the molecule is C=CCNC(CN1CCCC1)C(C)C.Cl.Cl. The van der Waals surface area contributed by atoms with Gasteiger partial charge in [-0.2, -0.15) is 0 Å². The second kappa shape index (κ2) is 10.4. The standard InChI is InChI=1S/C12H24N2.2ClH/c1-4-7-13-12(11(2)3)10-14-8-5-6-9-14;;/h4,11-13H,1,5-10H2,2-3H3;2*1H. The second-order valence-corrected chi connectivity index (χ2v) is 4.56. The molecule has 1 fully saturated rings. The van der Waals surface area contributed by atoms with Crippen molar-refractivity contribution < 1.29 is 0 Å². The lowest BCUT2D eigenvalue weighted by molar-refractivity contribution is 0.259. The Hall–Kier alpha value is 0.240. The normalized spacial score (nSPS) is 17.7. The molecule has 1 N–H and O–H groups in total. The van der Waals surface area contributed by atoms with Crippen molar-refractivity contribution in [2.45, 2.75) is 32.7 Å². The van der Waals surface area contributed by atoms with Gasteiger partial charge in [0.15, 0.2) is 0 Å². The summed E-state index contributed by atoms with van der Waals surface area (Å²) in [6, 6.07) is 0.617. The lowest BCUT2D eigenvalue weighted by Gasteiger charge is -2.27. The number of halogens is 2. The van der Waals surface area contributed by atoms with Gasteiger partial charge in [-0.1, -0.05) is 19.9 Å². The van der Waals surface area contributed by atoms with Crippen molar-refractivity contribution in [3.05, 3.63) is 12.7 Å². The van der Waals surface area contributed by atoms with E-state index < -0.39 is 0 Å². The molecule has 0 aromatic carbocycles. The van der Waals surface area contributed by atoms with Gasteiger partial charge in [-0.25, -0.2) is 0 Å². The van der Waals surface area contributed by atoms with Gasteiger partial charge in [-0.15, -0.1) is 31.4 Å². The highest BCUT2D eigenvalue weighted by Gasteiger charge is 2.18. The van der Waals surface area contributed by atoms with Gasteiger partial charge in [0, 0.05) is 19.1 Å². The van der Waals surface area contributed by atoms with Crippen molar-refractivity contribution in [2.24, 2.45) is 5.92 Å². The molecule has 1 unspecified atom stereocenters. The van der Waals surface area contributed by atoms with E-state index in [2.05, 4.69) is 30.6 Å². The molecule has 98 valence electrons. The average molecular weight is 269 g/mol. The largest absolute Gasteiger partial charge is 0.309 e. The molecule has 2 nitrogen and oxygen atoms in total. The quantitative estimate of drug-likeness (QED) is 0.746. The molecule has 0 aliphatic carbocycles. The molecule has 1 saturated heterocycles. The van der Waals surface area contributed by atoms with E-state index >= 15 is 0 Å². The molecule has 0 aromatic rings. The summed E-state index contributed by atoms with van der Waals surface area (Å²) in [6.45, 7) is 13.0. The third-order valence-electron chi connectivity index (χ3n) is 2.98. The van der Waals surface area contributed by atoms with Crippen LogP contribution in [0.25, 0.3) is 0 Å². The Morgan fingerprint density at radius 1 is 1.25 bits per heavy atom.